The molecular formula is C20H21N3O5. The van der Waals surface area contributed by atoms with E-state index in [0.29, 0.717) is 33.7 Å². The van der Waals surface area contributed by atoms with E-state index in [1.165, 1.54) is 20.4 Å². The lowest BCUT2D eigenvalue weighted by Crippen LogP contribution is -2.32. The van der Waals surface area contributed by atoms with E-state index in [9.17, 15) is 9.59 Å². The summed E-state index contributed by atoms with van der Waals surface area (Å²) in [5, 5.41) is 4.42. The van der Waals surface area contributed by atoms with Crippen molar-refractivity contribution in [1.29, 1.82) is 0 Å². The van der Waals surface area contributed by atoms with E-state index in [2.05, 4.69) is 10.1 Å². The summed E-state index contributed by atoms with van der Waals surface area (Å²) in [5.74, 6) is 1.38. The van der Waals surface area contributed by atoms with Crippen molar-refractivity contribution in [1.82, 2.24) is 9.66 Å². The molecule has 0 amide bonds. The summed E-state index contributed by atoms with van der Waals surface area (Å²) in [7, 11) is 3.03. The van der Waals surface area contributed by atoms with Crippen molar-refractivity contribution in [3.8, 4) is 17.2 Å². The number of hydrogen-bond donors (Lipinski definition) is 1. The van der Waals surface area contributed by atoms with Crippen LogP contribution in [0.25, 0.3) is 10.9 Å². The van der Waals surface area contributed by atoms with Gasteiger partial charge in [0.2, 0.25) is 5.75 Å². The minimum Gasteiger partial charge on any atom is -0.493 e. The smallest absolute Gasteiger partial charge is 0.349 e. The zero-order valence-corrected chi connectivity index (χ0v) is 16.1. The van der Waals surface area contributed by atoms with Gasteiger partial charge in [-0.05, 0) is 38.1 Å². The van der Waals surface area contributed by atoms with Gasteiger partial charge in [-0.25, -0.2) is 4.79 Å². The van der Waals surface area contributed by atoms with Crippen LogP contribution in [0, 0.1) is 0 Å². The van der Waals surface area contributed by atoms with E-state index >= 15 is 0 Å². The Balaban J connectivity index is 2.07. The predicted octanol–water partition coefficient (Wildman–Crippen LogP) is 2.38. The number of nitrogens with zero attached hydrogens (tertiary/aromatic N) is 2. The summed E-state index contributed by atoms with van der Waals surface area (Å²) in [6.07, 6.45) is 1.31. The first-order valence-electron chi connectivity index (χ1n) is 8.65. The van der Waals surface area contributed by atoms with Crippen molar-refractivity contribution in [2.75, 3.05) is 14.2 Å². The fraction of sp³-hybridized carbons (Fsp3) is 0.250. The Hall–Kier alpha value is -3.55. The molecule has 146 valence electrons. The summed E-state index contributed by atoms with van der Waals surface area (Å²) >= 11 is 0. The van der Waals surface area contributed by atoms with Crippen molar-refractivity contribution < 1.29 is 14.2 Å². The SMILES string of the molecule is COc1cc(C=Nn2c(=O)[nH]c3ccccc3c2=O)cc(OC)c1OC(C)C. The second kappa shape index (κ2) is 7.99. The van der Waals surface area contributed by atoms with E-state index in [1.54, 1.807) is 36.4 Å². The molecule has 8 heteroatoms. The van der Waals surface area contributed by atoms with Gasteiger partial charge in [-0.15, -0.1) is 4.68 Å². The Labute approximate surface area is 161 Å². The van der Waals surface area contributed by atoms with Crippen molar-refractivity contribution >= 4 is 17.1 Å². The molecule has 0 unspecified atom stereocenters. The average Bonchev–Trinajstić information content (AvgIpc) is 2.68. The van der Waals surface area contributed by atoms with Crippen LogP contribution in [0.3, 0.4) is 0 Å². The Kier molecular flexibility index (Phi) is 5.49. The molecule has 1 aromatic heterocycles. The van der Waals surface area contributed by atoms with Crippen LogP contribution in [0.1, 0.15) is 19.4 Å². The molecule has 3 aromatic rings. The van der Waals surface area contributed by atoms with E-state index in [4.69, 9.17) is 14.2 Å². The number of H-pyrrole nitrogens is 1. The Bertz CT molecular complexity index is 1120. The van der Waals surface area contributed by atoms with E-state index in [-0.39, 0.29) is 6.10 Å². The molecule has 1 N–H and O–H groups in total. The maximum absolute atomic E-state index is 12.6. The van der Waals surface area contributed by atoms with Crippen molar-refractivity contribution in [2.45, 2.75) is 20.0 Å². The normalized spacial score (nSPS) is 11.3. The second-order valence-electron chi connectivity index (χ2n) is 6.26. The van der Waals surface area contributed by atoms with E-state index < -0.39 is 11.2 Å². The molecule has 2 aromatic carbocycles. The third-order valence-electron chi connectivity index (χ3n) is 3.94. The second-order valence-corrected chi connectivity index (χ2v) is 6.26. The summed E-state index contributed by atoms with van der Waals surface area (Å²) in [6.45, 7) is 3.79. The van der Waals surface area contributed by atoms with Crippen LogP contribution in [0.15, 0.2) is 51.1 Å². The molecule has 0 saturated heterocycles. The molecule has 3 rings (SSSR count). The highest BCUT2D eigenvalue weighted by atomic mass is 16.5. The lowest BCUT2D eigenvalue weighted by Gasteiger charge is -2.17. The number of fused-ring (bicyclic) bond motifs is 1. The molecule has 0 spiro atoms. The van der Waals surface area contributed by atoms with Gasteiger partial charge < -0.3 is 19.2 Å². The first-order chi connectivity index (χ1) is 13.4. The molecule has 0 aliphatic heterocycles. The molecular weight excluding hydrogens is 362 g/mol. The van der Waals surface area contributed by atoms with Crippen LogP contribution in [-0.4, -0.2) is 36.2 Å². The standard InChI is InChI=1S/C20H21N3O5/c1-12(2)28-18-16(26-3)9-13(10-17(18)27-4)11-21-23-19(24)14-7-5-6-8-15(14)22-20(23)25/h5-12H,1-4H3,(H,22,25). The molecule has 0 fully saturated rings. The number of rotatable bonds is 6. The molecule has 0 radical (unpaired) electrons. The third kappa shape index (κ3) is 3.75. The van der Waals surface area contributed by atoms with Gasteiger partial charge in [0.25, 0.3) is 5.56 Å². The molecule has 0 bridgehead atoms. The van der Waals surface area contributed by atoms with Crippen LogP contribution in [0.2, 0.25) is 0 Å². The number of hydrogen-bond acceptors (Lipinski definition) is 6. The Morgan fingerprint density at radius 2 is 1.71 bits per heavy atom. The zero-order valence-electron chi connectivity index (χ0n) is 16.1. The number of para-hydroxylation sites is 1. The maximum atomic E-state index is 12.6. The predicted molar refractivity (Wildman–Crippen MR) is 107 cm³/mol. The number of methoxy groups -OCH3 is 2. The zero-order chi connectivity index (χ0) is 20.3. The fourth-order valence-corrected chi connectivity index (χ4v) is 2.71. The first kappa shape index (κ1) is 19.2. The number of ether oxygens (including phenoxy) is 3. The largest absolute Gasteiger partial charge is 0.493 e. The van der Waals surface area contributed by atoms with Crippen molar-refractivity contribution in [3.63, 3.8) is 0 Å². The van der Waals surface area contributed by atoms with Crippen LogP contribution in [0.5, 0.6) is 17.2 Å². The van der Waals surface area contributed by atoms with Gasteiger partial charge >= 0.3 is 5.69 Å². The van der Waals surface area contributed by atoms with Gasteiger partial charge in [-0.3, -0.25) is 4.79 Å². The highest BCUT2D eigenvalue weighted by Gasteiger charge is 2.15. The summed E-state index contributed by atoms with van der Waals surface area (Å²) < 4.78 is 17.3. The van der Waals surface area contributed by atoms with Crippen LogP contribution < -0.4 is 25.5 Å². The minimum absolute atomic E-state index is 0.0722. The first-order valence-corrected chi connectivity index (χ1v) is 8.65. The third-order valence-corrected chi connectivity index (χ3v) is 3.94. The van der Waals surface area contributed by atoms with Gasteiger partial charge in [-0.1, -0.05) is 12.1 Å². The van der Waals surface area contributed by atoms with Crippen molar-refractivity contribution in [3.05, 3.63) is 62.8 Å². The Morgan fingerprint density at radius 3 is 2.32 bits per heavy atom. The summed E-state index contributed by atoms with van der Waals surface area (Å²) in [5.41, 5.74) is -0.0975. The lowest BCUT2D eigenvalue weighted by atomic mass is 10.2. The van der Waals surface area contributed by atoms with Gasteiger partial charge in [0.05, 0.1) is 37.4 Å². The topological polar surface area (TPSA) is 94.9 Å². The molecule has 0 aliphatic carbocycles. The van der Waals surface area contributed by atoms with E-state index in [1.807, 2.05) is 13.8 Å². The van der Waals surface area contributed by atoms with Crippen LogP contribution in [-0.2, 0) is 0 Å². The number of aromatic amines is 1. The Morgan fingerprint density at radius 1 is 1.07 bits per heavy atom. The quantitative estimate of drug-likeness (QED) is 0.660. The van der Waals surface area contributed by atoms with Gasteiger partial charge in [0.15, 0.2) is 11.5 Å². The monoisotopic (exact) mass is 383 g/mol. The number of nitrogens with one attached hydrogen (secondary N) is 1. The van der Waals surface area contributed by atoms with E-state index in [0.717, 1.165) is 4.68 Å². The van der Waals surface area contributed by atoms with Crippen LogP contribution >= 0.6 is 0 Å². The maximum Gasteiger partial charge on any atom is 0.349 e. The average molecular weight is 383 g/mol. The van der Waals surface area contributed by atoms with Crippen molar-refractivity contribution in [2.24, 2.45) is 5.10 Å². The summed E-state index contributed by atoms with van der Waals surface area (Å²) in [4.78, 5) is 27.4. The fourth-order valence-electron chi connectivity index (χ4n) is 2.71. The minimum atomic E-state index is -0.626. The highest BCUT2D eigenvalue weighted by Crippen LogP contribution is 2.38. The highest BCUT2D eigenvalue weighted by molar-refractivity contribution is 5.82. The molecule has 0 saturated carbocycles. The van der Waals surface area contributed by atoms with Crippen LogP contribution in [0.4, 0.5) is 0 Å². The van der Waals surface area contributed by atoms with Gasteiger partial charge in [-0.2, -0.15) is 5.10 Å². The molecule has 28 heavy (non-hydrogen) atoms. The lowest BCUT2D eigenvalue weighted by molar-refractivity contribution is 0.218. The molecule has 1 heterocycles. The van der Waals surface area contributed by atoms with Gasteiger partial charge in [0, 0.05) is 5.56 Å². The molecule has 0 aliphatic rings. The number of aromatic nitrogens is 2. The van der Waals surface area contributed by atoms with Gasteiger partial charge in [0.1, 0.15) is 0 Å². The number of benzene rings is 2. The molecule has 8 nitrogen and oxygen atoms in total. The summed E-state index contributed by atoms with van der Waals surface area (Å²) in [6, 6.07) is 10.1. The molecule has 0 atom stereocenters.